The van der Waals surface area contributed by atoms with E-state index in [-0.39, 0.29) is 5.97 Å². The molecule has 0 spiro atoms. The number of esters is 1. The molecule has 1 heterocycles. The zero-order valence-corrected chi connectivity index (χ0v) is 7.38. The molecule has 1 aliphatic rings. The van der Waals surface area contributed by atoms with E-state index in [1.165, 1.54) is 5.57 Å². The number of rotatable bonds is 0. The van der Waals surface area contributed by atoms with Crippen molar-refractivity contribution in [1.82, 2.24) is 0 Å². The Kier molecular flexibility index (Phi) is 3.58. The van der Waals surface area contributed by atoms with Crippen LogP contribution in [0.1, 0.15) is 26.2 Å². The van der Waals surface area contributed by atoms with E-state index in [9.17, 15) is 4.79 Å². The van der Waals surface area contributed by atoms with Crippen LogP contribution in [0.4, 0.5) is 0 Å². The SMILES string of the molecule is C/C1=C\COC(=O)C/C=C/CC1. The lowest BCUT2D eigenvalue weighted by Gasteiger charge is -2.03. The molecule has 0 aromatic carbocycles. The molecule has 2 nitrogen and oxygen atoms in total. The quantitative estimate of drug-likeness (QED) is 0.407. The highest BCUT2D eigenvalue weighted by Gasteiger charge is 1.99. The van der Waals surface area contributed by atoms with Crippen LogP contribution >= 0.6 is 0 Å². The summed E-state index contributed by atoms with van der Waals surface area (Å²) in [5.41, 5.74) is 1.29. The maximum atomic E-state index is 10.9. The minimum Gasteiger partial charge on any atom is -0.461 e. The molecule has 0 radical (unpaired) electrons. The number of ether oxygens (including phenoxy) is 1. The van der Waals surface area contributed by atoms with Gasteiger partial charge in [0.2, 0.25) is 0 Å². The van der Waals surface area contributed by atoms with Crippen LogP contribution in [0.25, 0.3) is 0 Å². The molecule has 0 unspecified atom stereocenters. The summed E-state index contributed by atoms with van der Waals surface area (Å²) < 4.78 is 4.92. The maximum Gasteiger partial charge on any atom is 0.309 e. The molecule has 0 aromatic heterocycles. The van der Waals surface area contributed by atoms with Gasteiger partial charge in [-0.25, -0.2) is 0 Å². The minimum atomic E-state index is -0.141. The van der Waals surface area contributed by atoms with Gasteiger partial charge in [0.25, 0.3) is 0 Å². The molecule has 1 rings (SSSR count). The fourth-order valence-electron chi connectivity index (χ4n) is 1.05. The van der Waals surface area contributed by atoms with Crippen LogP contribution in [0.15, 0.2) is 23.8 Å². The Labute approximate surface area is 72.9 Å². The molecule has 0 saturated carbocycles. The molecule has 0 fully saturated rings. The molecule has 1 aliphatic heterocycles. The Balaban J connectivity index is 2.50. The molecule has 0 aromatic rings. The van der Waals surface area contributed by atoms with E-state index in [4.69, 9.17) is 4.74 Å². The van der Waals surface area contributed by atoms with Crippen molar-refractivity contribution in [1.29, 1.82) is 0 Å². The van der Waals surface area contributed by atoms with E-state index in [2.05, 4.69) is 6.92 Å². The van der Waals surface area contributed by atoms with E-state index < -0.39 is 0 Å². The van der Waals surface area contributed by atoms with Gasteiger partial charge in [-0.15, -0.1) is 0 Å². The summed E-state index contributed by atoms with van der Waals surface area (Å²) in [6.45, 7) is 2.49. The largest absolute Gasteiger partial charge is 0.461 e. The molecular weight excluding hydrogens is 152 g/mol. The minimum absolute atomic E-state index is 0.141. The average molecular weight is 166 g/mol. The van der Waals surface area contributed by atoms with E-state index in [0.717, 1.165) is 12.8 Å². The molecule has 0 amide bonds. The topological polar surface area (TPSA) is 26.3 Å². The molecule has 2 heteroatoms. The Morgan fingerprint density at radius 1 is 1.42 bits per heavy atom. The van der Waals surface area contributed by atoms with Gasteiger partial charge in [0, 0.05) is 0 Å². The Bertz CT molecular complexity index is 214. The number of carbonyl (C=O) groups is 1. The highest BCUT2D eigenvalue weighted by Crippen LogP contribution is 2.06. The molecule has 0 N–H and O–H groups in total. The second kappa shape index (κ2) is 4.75. The van der Waals surface area contributed by atoms with Crippen molar-refractivity contribution in [2.75, 3.05) is 6.61 Å². The van der Waals surface area contributed by atoms with Gasteiger partial charge in [0.1, 0.15) is 6.61 Å². The first kappa shape index (κ1) is 9.04. The lowest BCUT2D eigenvalue weighted by Crippen LogP contribution is -2.03. The fraction of sp³-hybridized carbons (Fsp3) is 0.500. The van der Waals surface area contributed by atoms with Crippen molar-refractivity contribution in [2.24, 2.45) is 0 Å². The smallest absolute Gasteiger partial charge is 0.309 e. The van der Waals surface area contributed by atoms with E-state index in [1.807, 2.05) is 18.2 Å². The predicted octanol–water partition coefficient (Wildman–Crippen LogP) is 2.22. The predicted molar refractivity (Wildman–Crippen MR) is 47.7 cm³/mol. The standard InChI is InChI=1S/C10H14O2/c1-9-5-3-2-4-6-10(11)12-8-7-9/h2,4,7H,3,5-6,8H2,1H3/b4-2+,9-7+. The first-order valence-electron chi connectivity index (χ1n) is 4.25. The highest BCUT2D eigenvalue weighted by atomic mass is 16.5. The number of allylic oxidation sites excluding steroid dienone is 2. The summed E-state index contributed by atoms with van der Waals surface area (Å²) in [5.74, 6) is -0.141. The first-order valence-corrected chi connectivity index (χ1v) is 4.25. The van der Waals surface area contributed by atoms with Crippen molar-refractivity contribution >= 4 is 5.97 Å². The second-order valence-corrected chi connectivity index (χ2v) is 2.95. The molecule has 0 bridgehead atoms. The summed E-state index contributed by atoms with van der Waals surface area (Å²) in [6.07, 6.45) is 8.37. The number of hydrogen-bond acceptors (Lipinski definition) is 2. The van der Waals surface area contributed by atoms with Gasteiger partial charge >= 0.3 is 5.97 Å². The zero-order valence-electron chi connectivity index (χ0n) is 7.38. The third-order valence-electron chi connectivity index (χ3n) is 1.83. The number of hydrogen-bond donors (Lipinski definition) is 0. The fourth-order valence-corrected chi connectivity index (χ4v) is 1.05. The Morgan fingerprint density at radius 2 is 2.25 bits per heavy atom. The van der Waals surface area contributed by atoms with Crippen LogP contribution in [-0.4, -0.2) is 12.6 Å². The zero-order chi connectivity index (χ0) is 8.81. The monoisotopic (exact) mass is 166 g/mol. The molecule has 0 saturated heterocycles. The second-order valence-electron chi connectivity index (χ2n) is 2.95. The van der Waals surface area contributed by atoms with Crippen molar-refractivity contribution in [2.45, 2.75) is 26.2 Å². The van der Waals surface area contributed by atoms with Crippen LogP contribution in [0.2, 0.25) is 0 Å². The van der Waals surface area contributed by atoms with Crippen molar-refractivity contribution in [3.05, 3.63) is 23.8 Å². The van der Waals surface area contributed by atoms with Crippen LogP contribution in [-0.2, 0) is 9.53 Å². The summed E-state index contributed by atoms with van der Waals surface area (Å²) in [4.78, 5) is 10.9. The van der Waals surface area contributed by atoms with Gasteiger partial charge in [0.05, 0.1) is 6.42 Å². The van der Waals surface area contributed by atoms with E-state index in [0.29, 0.717) is 13.0 Å². The first-order chi connectivity index (χ1) is 5.79. The maximum absolute atomic E-state index is 10.9. The molecule has 66 valence electrons. The molecule has 12 heavy (non-hydrogen) atoms. The third kappa shape index (κ3) is 3.37. The Morgan fingerprint density at radius 3 is 3.08 bits per heavy atom. The van der Waals surface area contributed by atoms with Crippen LogP contribution in [0.3, 0.4) is 0 Å². The Hall–Kier alpha value is -1.05. The lowest BCUT2D eigenvalue weighted by atomic mass is 10.1. The van der Waals surface area contributed by atoms with Gasteiger partial charge in [0.15, 0.2) is 0 Å². The summed E-state index contributed by atoms with van der Waals surface area (Å²) in [6, 6.07) is 0. The van der Waals surface area contributed by atoms with Gasteiger partial charge in [-0.05, 0) is 25.8 Å². The average Bonchev–Trinajstić information content (AvgIpc) is 2.04. The van der Waals surface area contributed by atoms with Gasteiger partial charge in [-0.2, -0.15) is 0 Å². The summed E-state index contributed by atoms with van der Waals surface area (Å²) in [5, 5.41) is 0. The third-order valence-corrected chi connectivity index (χ3v) is 1.83. The van der Waals surface area contributed by atoms with E-state index in [1.54, 1.807) is 0 Å². The van der Waals surface area contributed by atoms with Crippen LogP contribution in [0, 0.1) is 0 Å². The van der Waals surface area contributed by atoms with Crippen LogP contribution < -0.4 is 0 Å². The van der Waals surface area contributed by atoms with Gasteiger partial charge in [-0.1, -0.05) is 17.7 Å². The lowest BCUT2D eigenvalue weighted by molar-refractivity contribution is -0.141. The van der Waals surface area contributed by atoms with Crippen molar-refractivity contribution < 1.29 is 9.53 Å². The summed E-state index contributed by atoms with van der Waals surface area (Å²) >= 11 is 0. The number of carbonyl (C=O) groups excluding carboxylic acids is 1. The van der Waals surface area contributed by atoms with E-state index >= 15 is 0 Å². The highest BCUT2D eigenvalue weighted by molar-refractivity contribution is 5.71. The molecule has 0 aliphatic carbocycles. The number of cyclic esters (lactones) is 1. The van der Waals surface area contributed by atoms with Gasteiger partial charge < -0.3 is 4.74 Å². The summed E-state index contributed by atoms with van der Waals surface area (Å²) in [7, 11) is 0. The molecular formula is C10H14O2. The normalized spacial score (nSPS) is 26.8. The van der Waals surface area contributed by atoms with Crippen LogP contribution in [0.5, 0.6) is 0 Å². The van der Waals surface area contributed by atoms with Gasteiger partial charge in [-0.3, -0.25) is 4.79 Å². The van der Waals surface area contributed by atoms with Crippen molar-refractivity contribution in [3.63, 3.8) is 0 Å². The molecule has 0 atom stereocenters. The van der Waals surface area contributed by atoms with Crippen molar-refractivity contribution in [3.8, 4) is 0 Å².